The van der Waals surface area contributed by atoms with Crippen molar-refractivity contribution in [2.24, 2.45) is 0 Å². The van der Waals surface area contributed by atoms with Gasteiger partial charge in [0.15, 0.2) is 11.5 Å². The zero-order chi connectivity index (χ0) is 23.7. The van der Waals surface area contributed by atoms with E-state index in [4.69, 9.17) is 26.8 Å². The van der Waals surface area contributed by atoms with Crippen molar-refractivity contribution in [1.29, 1.82) is 0 Å². The van der Waals surface area contributed by atoms with E-state index in [9.17, 15) is 4.79 Å². The molecule has 3 aromatic rings. The molecule has 0 atom stereocenters. The van der Waals surface area contributed by atoms with Crippen molar-refractivity contribution in [1.82, 2.24) is 14.7 Å². The molecule has 2 fully saturated rings. The Bertz CT molecular complexity index is 1260. The maximum Gasteiger partial charge on any atom is 0.266 e. The molecule has 1 amide bonds. The van der Waals surface area contributed by atoms with Crippen LogP contribution in [-0.4, -0.2) is 45.2 Å². The van der Waals surface area contributed by atoms with Gasteiger partial charge in [-0.1, -0.05) is 55.0 Å². The molecule has 0 radical (unpaired) electrons. The molecule has 0 spiro atoms. The van der Waals surface area contributed by atoms with Gasteiger partial charge in [0.25, 0.3) is 5.91 Å². The quantitative estimate of drug-likeness (QED) is 0.326. The van der Waals surface area contributed by atoms with Gasteiger partial charge >= 0.3 is 0 Å². The molecular weight excluding hydrogens is 466 g/mol. The fraction of sp³-hybridized carbons (Fsp3) is 0.269. The minimum absolute atomic E-state index is 0.00683. The van der Waals surface area contributed by atoms with Gasteiger partial charge in [-0.15, -0.1) is 0 Å². The van der Waals surface area contributed by atoms with Gasteiger partial charge in [-0.2, -0.15) is 5.10 Å². The molecular formula is C26H25N3O3S2. The molecule has 2 aromatic carbocycles. The van der Waals surface area contributed by atoms with Crippen molar-refractivity contribution in [3.63, 3.8) is 0 Å². The van der Waals surface area contributed by atoms with E-state index in [-0.39, 0.29) is 11.9 Å². The molecule has 1 saturated heterocycles. The number of thioether (sulfide) groups is 1. The van der Waals surface area contributed by atoms with Gasteiger partial charge in [-0.25, -0.2) is 4.68 Å². The Balaban J connectivity index is 1.58. The van der Waals surface area contributed by atoms with E-state index in [1.807, 2.05) is 70.4 Å². The zero-order valence-electron chi connectivity index (χ0n) is 19.1. The maximum absolute atomic E-state index is 13.3. The number of methoxy groups -OCH3 is 2. The van der Waals surface area contributed by atoms with Crippen LogP contribution in [0.3, 0.4) is 0 Å². The fourth-order valence-corrected chi connectivity index (χ4v) is 5.90. The fourth-order valence-electron chi connectivity index (χ4n) is 4.51. The minimum Gasteiger partial charge on any atom is -0.493 e. The molecule has 174 valence electrons. The van der Waals surface area contributed by atoms with Crippen molar-refractivity contribution in [2.45, 2.75) is 31.7 Å². The number of rotatable bonds is 6. The number of thiocarbonyl (C=S) groups is 1. The Kier molecular flexibility index (Phi) is 6.43. The van der Waals surface area contributed by atoms with E-state index in [0.29, 0.717) is 20.7 Å². The maximum atomic E-state index is 13.3. The van der Waals surface area contributed by atoms with Crippen LogP contribution >= 0.6 is 24.0 Å². The SMILES string of the molecule is COc1ccc(-c2nn(-c3ccccc3)cc2/C=C2\SC(=S)N(C3CCCC3)C2=O)cc1OC. The lowest BCUT2D eigenvalue weighted by Gasteiger charge is -2.21. The highest BCUT2D eigenvalue weighted by Gasteiger charge is 2.38. The number of aromatic nitrogens is 2. The highest BCUT2D eigenvalue weighted by molar-refractivity contribution is 8.26. The summed E-state index contributed by atoms with van der Waals surface area (Å²) in [6.07, 6.45) is 8.18. The van der Waals surface area contributed by atoms with Crippen LogP contribution in [0.4, 0.5) is 0 Å². The molecule has 2 aliphatic rings. The van der Waals surface area contributed by atoms with Gasteiger partial charge in [0, 0.05) is 23.4 Å². The molecule has 1 aliphatic carbocycles. The third-order valence-corrected chi connectivity index (χ3v) is 7.55. The molecule has 5 rings (SSSR count). The summed E-state index contributed by atoms with van der Waals surface area (Å²) in [5, 5.41) is 4.87. The van der Waals surface area contributed by atoms with Crippen LogP contribution in [0, 0.1) is 0 Å². The highest BCUT2D eigenvalue weighted by atomic mass is 32.2. The molecule has 34 heavy (non-hydrogen) atoms. The standard InChI is InChI=1S/C26H25N3O3S2/c1-31-21-13-12-17(14-22(21)32-2)24-18(16-28(27-24)19-8-4-3-5-9-19)15-23-25(30)29(26(33)34-23)20-10-6-7-11-20/h3-5,8-9,12-16,20H,6-7,10-11H2,1-2H3/b23-15-. The average Bonchev–Trinajstić information content (AvgIpc) is 3.59. The second-order valence-corrected chi connectivity index (χ2v) is 9.95. The highest BCUT2D eigenvalue weighted by Crippen LogP contribution is 2.39. The summed E-state index contributed by atoms with van der Waals surface area (Å²) >= 11 is 6.97. The lowest BCUT2D eigenvalue weighted by atomic mass is 10.1. The lowest BCUT2D eigenvalue weighted by molar-refractivity contribution is -0.123. The van der Waals surface area contributed by atoms with E-state index in [2.05, 4.69) is 0 Å². The van der Waals surface area contributed by atoms with Crippen molar-refractivity contribution < 1.29 is 14.3 Å². The van der Waals surface area contributed by atoms with E-state index in [1.165, 1.54) is 11.8 Å². The minimum atomic E-state index is -0.00683. The van der Waals surface area contributed by atoms with Gasteiger partial charge in [0.05, 0.1) is 24.8 Å². The Labute approximate surface area is 208 Å². The van der Waals surface area contributed by atoms with E-state index >= 15 is 0 Å². The number of carbonyl (C=O) groups excluding carboxylic acids is 1. The Hall–Kier alpha value is -3.10. The monoisotopic (exact) mass is 491 g/mol. The van der Waals surface area contributed by atoms with Crippen LogP contribution in [0.2, 0.25) is 0 Å². The normalized spacial score (nSPS) is 17.7. The van der Waals surface area contributed by atoms with Crippen LogP contribution in [-0.2, 0) is 4.79 Å². The van der Waals surface area contributed by atoms with Gasteiger partial charge in [0.2, 0.25) is 0 Å². The number of benzene rings is 2. The summed E-state index contributed by atoms with van der Waals surface area (Å²) in [5.74, 6) is 1.26. The Morgan fingerprint density at radius 3 is 2.50 bits per heavy atom. The molecule has 0 unspecified atom stereocenters. The summed E-state index contributed by atoms with van der Waals surface area (Å²) in [5.41, 5.74) is 3.38. The Morgan fingerprint density at radius 1 is 1.06 bits per heavy atom. The molecule has 0 bridgehead atoms. The van der Waals surface area contributed by atoms with Gasteiger partial charge in [0.1, 0.15) is 10.0 Å². The number of para-hydroxylation sites is 1. The molecule has 8 heteroatoms. The van der Waals surface area contributed by atoms with Gasteiger partial charge < -0.3 is 9.47 Å². The second-order valence-electron chi connectivity index (χ2n) is 8.27. The number of hydrogen-bond acceptors (Lipinski definition) is 6. The summed E-state index contributed by atoms with van der Waals surface area (Å²) in [6, 6.07) is 15.8. The summed E-state index contributed by atoms with van der Waals surface area (Å²) in [4.78, 5) is 15.7. The lowest BCUT2D eigenvalue weighted by Crippen LogP contribution is -2.36. The first-order valence-electron chi connectivity index (χ1n) is 11.2. The number of hydrogen-bond donors (Lipinski definition) is 0. The van der Waals surface area contributed by atoms with Crippen molar-refractivity contribution >= 4 is 40.3 Å². The van der Waals surface area contributed by atoms with Crippen LogP contribution in [0.1, 0.15) is 31.2 Å². The second kappa shape index (κ2) is 9.64. The number of amides is 1. The van der Waals surface area contributed by atoms with Crippen molar-refractivity contribution in [3.8, 4) is 28.4 Å². The topological polar surface area (TPSA) is 56.6 Å². The van der Waals surface area contributed by atoms with Crippen LogP contribution < -0.4 is 9.47 Å². The van der Waals surface area contributed by atoms with Gasteiger partial charge in [-0.05, 0) is 49.2 Å². The number of nitrogens with zero attached hydrogens (tertiary/aromatic N) is 3. The number of carbonyl (C=O) groups is 1. The molecule has 0 N–H and O–H groups in total. The molecule has 1 saturated carbocycles. The molecule has 2 heterocycles. The third-order valence-electron chi connectivity index (χ3n) is 6.22. The third kappa shape index (κ3) is 4.23. The summed E-state index contributed by atoms with van der Waals surface area (Å²) < 4.78 is 13.4. The van der Waals surface area contributed by atoms with E-state index < -0.39 is 0 Å². The zero-order valence-corrected chi connectivity index (χ0v) is 20.7. The van der Waals surface area contributed by atoms with Crippen molar-refractivity contribution in [2.75, 3.05) is 14.2 Å². The molecule has 1 aliphatic heterocycles. The number of ether oxygens (including phenoxy) is 2. The first-order chi connectivity index (χ1) is 16.6. The van der Waals surface area contributed by atoms with Crippen LogP contribution in [0.25, 0.3) is 23.0 Å². The smallest absolute Gasteiger partial charge is 0.266 e. The van der Waals surface area contributed by atoms with E-state index in [0.717, 1.165) is 48.2 Å². The predicted octanol–water partition coefficient (Wildman–Crippen LogP) is 5.70. The summed E-state index contributed by atoms with van der Waals surface area (Å²) in [7, 11) is 3.22. The summed E-state index contributed by atoms with van der Waals surface area (Å²) in [6.45, 7) is 0. The first kappa shape index (κ1) is 22.7. The van der Waals surface area contributed by atoms with Crippen LogP contribution in [0.15, 0.2) is 59.6 Å². The van der Waals surface area contributed by atoms with Crippen LogP contribution in [0.5, 0.6) is 11.5 Å². The molecule has 1 aromatic heterocycles. The van der Waals surface area contributed by atoms with Crippen molar-refractivity contribution in [3.05, 3.63) is 65.2 Å². The molecule has 6 nitrogen and oxygen atoms in total. The van der Waals surface area contributed by atoms with Gasteiger partial charge in [-0.3, -0.25) is 9.69 Å². The largest absolute Gasteiger partial charge is 0.493 e. The first-order valence-corrected chi connectivity index (χ1v) is 12.5. The Morgan fingerprint density at radius 2 is 1.79 bits per heavy atom. The average molecular weight is 492 g/mol. The predicted molar refractivity (Wildman–Crippen MR) is 139 cm³/mol. The van der Waals surface area contributed by atoms with E-state index in [1.54, 1.807) is 14.2 Å².